The highest BCUT2D eigenvalue weighted by atomic mass is 16.5. The lowest BCUT2D eigenvalue weighted by Gasteiger charge is -2.10. The summed E-state index contributed by atoms with van der Waals surface area (Å²) in [5.41, 5.74) is 5.31. The van der Waals surface area contributed by atoms with Crippen LogP contribution in [0.3, 0.4) is 0 Å². The molecule has 29 heavy (non-hydrogen) atoms. The maximum atomic E-state index is 12.4. The Balaban J connectivity index is 1.62. The highest BCUT2D eigenvalue weighted by molar-refractivity contribution is 6.03. The van der Waals surface area contributed by atoms with Crippen LogP contribution < -0.4 is 10.1 Å². The van der Waals surface area contributed by atoms with E-state index < -0.39 is 0 Å². The molecule has 2 aromatic heterocycles. The third-order valence-corrected chi connectivity index (χ3v) is 4.66. The molecule has 1 amide bonds. The summed E-state index contributed by atoms with van der Waals surface area (Å²) in [5.74, 6) is 0.366. The van der Waals surface area contributed by atoms with Crippen molar-refractivity contribution in [2.24, 2.45) is 0 Å². The van der Waals surface area contributed by atoms with Gasteiger partial charge in [0.05, 0.1) is 18.5 Å². The van der Waals surface area contributed by atoms with Gasteiger partial charge in [-0.1, -0.05) is 36.4 Å². The fraction of sp³-hybridized carbons (Fsp3) is 0.0833. The van der Waals surface area contributed by atoms with Crippen LogP contribution in [0.5, 0.6) is 5.75 Å². The Labute approximate surface area is 169 Å². The normalized spacial score (nSPS) is 11.1. The number of carbonyl (C=O) groups is 1. The lowest BCUT2D eigenvalue weighted by molar-refractivity contribution is -0.111. The predicted molar refractivity (Wildman–Crippen MR) is 116 cm³/mol. The zero-order chi connectivity index (χ0) is 20.2. The second-order valence-electron chi connectivity index (χ2n) is 6.70. The molecule has 0 unspecified atom stereocenters. The van der Waals surface area contributed by atoms with E-state index in [1.54, 1.807) is 13.2 Å². The number of nitrogens with zero attached hydrogens (tertiary/aromatic N) is 2. The molecule has 2 aromatic carbocycles. The molecular formula is C24H21N3O2. The van der Waals surface area contributed by atoms with E-state index in [4.69, 9.17) is 9.72 Å². The van der Waals surface area contributed by atoms with Crippen molar-refractivity contribution < 1.29 is 9.53 Å². The number of pyridine rings is 1. The monoisotopic (exact) mass is 383 g/mol. The topological polar surface area (TPSA) is 55.6 Å². The third kappa shape index (κ3) is 4.04. The summed E-state index contributed by atoms with van der Waals surface area (Å²) >= 11 is 0. The SMILES string of the molecule is COc1ccc(-c2cn3cccc(C)c3n2)cc1NC(=O)/C=C/c1ccccc1. The lowest BCUT2D eigenvalue weighted by Crippen LogP contribution is -2.09. The van der Waals surface area contributed by atoms with Gasteiger partial charge in [0.1, 0.15) is 11.4 Å². The molecule has 0 atom stereocenters. The molecule has 1 N–H and O–H groups in total. The average Bonchev–Trinajstić information content (AvgIpc) is 3.19. The van der Waals surface area contributed by atoms with E-state index in [1.165, 1.54) is 6.08 Å². The van der Waals surface area contributed by atoms with Gasteiger partial charge in [-0.15, -0.1) is 0 Å². The van der Waals surface area contributed by atoms with Gasteiger partial charge in [0.2, 0.25) is 5.91 Å². The Kier molecular flexibility index (Phi) is 5.12. The van der Waals surface area contributed by atoms with Gasteiger partial charge in [-0.25, -0.2) is 4.98 Å². The molecule has 0 aliphatic rings. The van der Waals surface area contributed by atoms with Crippen LogP contribution in [0.4, 0.5) is 5.69 Å². The van der Waals surface area contributed by atoms with E-state index >= 15 is 0 Å². The largest absolute Gasteiger partial charge is 0.495 e. The Morgan fingerprint density at radius 1 is 1.10 bits per heavy atom. The Hall–Kier alpha value is -3.86. The van der Waals surface area contributed by atoms with Crippen molar-refractivity contribution in [2.75, 3.05) is 12.4 Å². The zero-order valence-electron chi connectivity index (χ0n) is 16.3. The van der Waals surface area contributed by atoms with E-state index in [9.17, 15) is 4.79 Å². The van der Waals surface area contributed by atoms with Gasteiger partial charge in [0.25, 0.3) is 0 Å². The van der Waals surface area contributed by atoms with Gasteiger partial charge >= 0.3 is 0 Å². The maximum Gasteiger partial charge on any atom is 0.248 e. The number of hydrogen-bond acceptors (Lipinski definition) is 3. The second kappa shape index (κ2) is 8.02. The number of aromatic nitrogens is 2. The van der Waals surface area contributed by atoms with Crippen LogP contribution in [-0.4, -0.2) is 22.4 Å². The highest BCUT2D eigenvalue weighted by Crippen LogP contribution is 2.30. The molecule has 4 rings (SSSR count). The summed E-state index contributed by atoms with van der Waals surface area (Å²) in [4.78, 5) is 17.1. The molecule has 144 valence electrons. The molecule has 5 heteroatoms. The quantitative estimate of drug-likeness (QED) is 0.495. The highest BCUT2D eigenvalue weighted by Gasteiger charge is 2.11. The van der Waals surface area contributed by atoms with E-state index in [0.717, 1.165) is 28.0 Å². The Morgan fingerprint density at radius 2 is 1.93 bits per heavy atom. The number of methoxy groups -OCH3 is 1. The van der Waals surface area contributed by atoms with Gasteiger partial charge in [-0.05, 0) is 48.4 Å². The van der Waals surface area contributed by atoms with E-state index in [-0.39, 0.29) is 5.91 Å². The van der Waals surface area contributed by atoms with Gasteiger partial charge in [0, 0.05) is 24.0 Å². The van der Waals surface area contributed by atoms with Gasteiger partial charge < -0.3 is 14.5 Å². The van der Waals surface area contributed by atoms with Gasteiger partial charge in [-0.3, -0.25) is 4.79 Å². The molecule has 2 heterocycles. The van der Waals surface area contributed by atoms with Crippen molar-refractivity contribution in [3.8, 4) is 17.0 Å². The van der Waals surface area contributed by atoms with Gasteiger partial charge in [0.15, 0.2) is 0 Å². The first-order chi connectivity index (χ1) is 14.1. The third-order valence-electron chi connectivity index (χ3n) is 4.66. The second-order valence-corrected chi connectivity index (χ2v) is 6.70. The van der Waals surface area contributed by atoms with Crippen LogP contribution in [0.2, 0.25) is 0 Å². The lowest BCUT2D eigenvalue weighted by atomic mass is 10.1. The minimum Gasteiger partial charge on any atom is -0.495 e. The Bertz CT molecular complexity index is 1190. The number of amides is 1. The maximum absolute atomic E-state index is 12.4. The molecule has 0 radical (unpaired) electrons. The van der Waals surface area contributed by atoms with E-state index in [0.29, 0.717) is 11.4 Å². The molecule has 0 fully saturated rings. The molecule has 0 aliphatic carbocycles. The number of fused-ring (bicyclic) bond motifs is 1. The number of benzene rings is 2. The van der Waals surface area contributed by atoms with Crippen molar-refractivity contribution in [1.29, 1.82) is 0 Å². The number of anilines is 1. The summed E-state index contributed by atoms with van der Waals surface area (Å²) in [7, 11) is 1.58. The minimum absolute atomic E-state index is 0.227. The summed E-state index contributed by atoms with van der Waals surface area (Å²) < 4.78 is 7.41. The molecule has 4 aromatic rings. The standard InChI is InChI=1S/C24H21N3O2/c1-17-7-6-14-27-16-21(26-24(17)27)19-11-12-22(29-2)20(15-19)25-23(28)13-10-18-8-4-3-5-9-18/h3-16H,1-2H3,(H,25,28)/b13-10+. The first-order valence-corrected chi connectivity index (χ1v) is 9.31. The van der Waals surface area contributed by atoms with Crippen molar-refractivity contribution >= 4 is 23.3 Å². The minimum atomic E-state index is -0.227. The summed E-state index contributed by atoms with van der Waals surface area (Å²) in [6, 6.07) is 19.4. The number of hydrogen-bond donors (Lipinski definition) is 1. The average molecular weight is 383 g/mol. The summed E-state index contributed by atoms with van der Waals surface area (Å²) in [6.45, 7) is 2.03. The molecular weight excluding hydrogens is 362 g/mol. The van der Waals surface area contributed by atoms with Crippen LogP contribution >= 0.6 is 0 Å². The van der Waals surface area contributed by atoms with Crippen LogP contribution in [0, 0.1) is 6.92 Å². The van der Waals surface area contributed by atoms with Crippen molar-refractivity contribution in [2.45, 2.75) is 6.92 Å². The van der Waals surface area contributed by atoms with Crippen molar-refractivity contribution in [3.05, 3.63) is 90.3 Å². The number of rotatable bonds is 5. The smallest absolute Gasteiger partial charge is 0.248 e. The van der Waals surface area contributed by atoms with Crippen LogP contribution in [0.25, 0.3) is 23.0 Å². The molecule has 0 aliphatic heterocycles. The number of carbonyl (C=O) groups excluding carboxylic acids is 1. The molecule has 0 spiro atoms. The van der Waals surface area contributed by atoms with Crippen LogP contribution in [-0.2, 0) is 4.79 Å². The predicted octanol–water partition coefficient (Wildman–Crippen LogP) is 4.97. The number of nitrogens with one attached hydrogen (secondary N) is 1. The Morgan fingerprint density at radius 3 is 2.69 bits per heavy atom. The molecule has 0 saturated heterocycles. The fourth-order valence-electron chi connectivity index (χ4n) is 3.17. The van der Waals surface area contributed by atoms with E-state index in [2.05, 4.69) is 5.32 Å². The number of imidazole rings is 1. The number of aryl methyl sites for hydroxylation is 1. The summed E-state index contributed by atoms with van der Waals surface area (Å²) in [6.07, 6.45) is 7.23. The van der Waals surface area contributed by atoms with Gasteiger partial charge in [-0.2, -0.15) is 0 Å². The first kappa shape index (κ1) is 18.5. The summed E-state index contributed by atoms with van der Waals surface area (Å²) in [5, 5.41) is 2.90. The first-order valence-electron chi connectivity index (χ1n) is 9.31. The van der Waals surface area contributed by atoms with Crippen LogP contribution in [0.15, 0.2) is 79.1 Å². The van der Waals surface area contributed by atoms with Crippen molar-refractivity contribution in [3.63, 3.8) is 0 Å². The van der Waals surface area contributed by atoms with Crippen LogP contribution in [0.1, 0.15) is 11.1 Å². The van der Waals surface area contributed by atoms with E-state index in [1.807, 2.05) is 84.4 Å². The van der Waals surface area contributed by atoms with Crippen molar-refractivity contribution in [1.82, 2.24) is 9.38 Å². The molecule has 0 saturated carbocycles. The molecule has 5 nitrogen and oxygen atoms in total. The molecule has 0 bridgehead atoms. The number of ether oxygens (including phenoxy) is 1. The zero-order valence-corrected chi connectivity index (χ0v) is 16.3. The fourth-order valence-corrected chi connectivity index (χ4v) is 3.17.